The van der Waals surface area contributed by atoms with E-state index in [2.05, 4.69) is 26.1 Å². The molecule has 0 spiro atoms. The summed E-state index contributed by atoms with van der Waals surface area (Å²) in [5, 5.41) is 3.10. The van der Waals surface area contributed by atoms with Gasteiger partial charge in [0.1, 0.15) is 6.04 Å². The fraction of sp³-hybridized carbons (Fsp3) is 0.350. The first-order chi connectivity index (χ1) is 12.6. The minimum atomic E-state index is -3.86. The SMILES string of the molecule is CC(C)(C)c1ccc(S(=O)(=O)N2CCNC(=O)C2c2ccccc2Cl)cc1. The second kappa shape index (κ2) is 7.26. The summed E-state index contributed by atoms with van der Waals surface area (Å²) < 4.78 is 27.8. The Bertz CT molecular complexity index is 950. The van der Waals surface area contributed by atoms with Gasteiger partial charge in [-0.1, -0.05) is 62.7 Å². The number of sulfonamides is 1. The molecule has 0 radical (unpaired) electrons. The predicted octanol–water partition coefficient (Wildman–Crippen LogP) is 3.50. The van der Waals surface area contributed by atoms with Gasteiger partial charge in [0.05, 0.1) is 4.90 Å². The maximum Gasteiger partial charge on any atom is 0.244 e. The van der Waals surface area contributed by atoms with Crippen molar-refractivity contribution < 1.29 is 13.2 Å². The van der Waals surface area contributed by atoms with Gasteiger partial charge in [-0.3, -0.25) is 4.79 Å². The van der Waals surface area contributed by atoms with E-state index < -0.39 is 16.1 Å². The van der Waals surface area contributed by atoms with E-state index in [1.165, 1.54) is 4.31 Å². The first kappa shape index (κ1) is 19.9. The quantitative estimate of drug-likeness (QED) is 0.848. The van der Waals surface area contributed by atoms with Gasteiger partial charge in [-0.05, 0) is 34.7 Å². The highest BCUT2D eigenvalue weighted by atomic mass is 35.5. The summed E-state index contributed by atoms with van der Waals surface area (Å²) in [7, 11) is -3.86. The van der Waals surface area contributed by atoms with Crippen molar-refractivity contribution in [1.29, 1.82) is 0 Å². The van der Waals surface area contributed by atoms with Crippen LogP contribution in [0.25, 0.3) is 0 Å². The van der Waals surface area contributed by atoms with Crippen molar-refractivity contribution in [3.05, 3.63) is 64.7 Å². The fourth-order valence-corrected chi connectivity index (χ4v) is 4.97. The number of piperazine rings is 1. The van der Waals surface area contributed by atoms with E-state index in [0.29, 0.717) is 10.6 Å². The van der Waals surface area contributed by atoms with Crippen LogP contribution in [0.1, 0.15) is 37.9 Å². The zero-order chi connectivity index (χ0) is 19.8. The van der Waals surface area contributed by atoms with Crippen molar-refractivity contribution in [2.45, 2.75) is 37.1 Å². The Hall–Kier alpha value is -1.89. The minimum Gasteiger partial charge on any atom is -0.353 e. The van der Waals surface area contributed by atoms with Crippen LogP contribution in [0.15, 0.2) is 53.4 Å². The van der Waals surface area contributed by atoms with Gasteiger partial charge in [0, 0.05) is 18.1 Å². The molecule has 1 aliphatic rings. The Morgan fingerprint density at radius 2 is 1.70 bits per heavy atom. The van der Waals surface area contributed by atoms with Gasteiger partial charge in [0.2, 0.25) is 15.9 Å². The molecule has 0 aromatic heterocycles. The smallest absolute Gasteiger partial charge is 0.244 e. The Kier molecular flexibility index (Phi) is 5.34. The number of carbonyl (C=O) groups excluding carboxylic acids is 1. The van der Waals surface area contributed by atoms with Crippen molar-refractivity contribution in [3.8, 4) is 0 Å². The molecule has 2 aromatic rings. The van der Waals surface area contributed by atoms with E-state index in [1.807, 2.05) is 12.1 Å². The number of nitrogens with one attached hydrogen (secondary N) is 1. The van der Waals surface area contributed by atoms with Crippen molar-refractivity contribution in [2.75, 3.05) is 13.1 Å². The number of benzene rings is 2. The number of hydrogen-bond donors (Lipinski definition) is 1. The monoisotopic (exact) mass is 406 g/mol. The largest absolute Gasteiger partial charge is 0.353 e. The molecule has 5 nitrogen and oxygen atoms in total. The summed E-state index contributed by atoms with van der Waals surface area (Å²) in [5.74, 6) is -0.371. The molecule has 1 aliphatic heterocycles. The molecule has 7 heteroatoms. The van der Waals surface area contributed by atoms with Gasteiger partial charge in [0.15, 0.2) is 0 Å². The van der Waals surface area contributed by atoms with E-state index >= 15 is 0 Å². The first-order valence-electron chi connectivity index (χ1n) is 8.77. The summed E-state index contributed by atoms with van der Waals surface area (Å²) in [5.41, 5.74) is 1.44. The maximum absolute atomic E-state index is 13.3. The fourth-order valence-electron chi connectivity index (χ4n) is 3.16. The van der Waals surface area contributed by atoms with Crippen LogP contribution in [0.2, 0.25) is 5.02 Å². The molecule has 1 N–H and O–H groups in total. The van der Waals surface area contributed by atoms with E-state index in [4.69, 9.17) is 11.6 Å². The average molecular weight is 407 g/mol. The van der Waals surface area contributed by atoms with Gasteiger partial charge in [0.25, 0.3) is 0 Å². The van der Waals surface area contributed by atoms with E-state index in [0.717, 1.165) is 5.56 Å². The Balaban J connectivity index is 2.03. The van der Waals surface area contributed by atoms with Crippen molar-refractivity contribution in [2.24, 2.45) is 0 Å². The molecule has 3 rings (SSSR count). The molecule has 1 fully saturated rings. The standard InChI is InChI=1S/C20H23ClN2O3S/c1-20(2,3)14-8-10-15(11-9-14)27(25,26)23-13-12-22-19(24)18(23)16-6-4-5-7-17(16)21/h4-11,18H,12-13H2,1-3H3,(H,22,24). The summed E-state index contributed by atoms with van der Waals surface area (Å²) >= 11 is 6.25. The highest BCUT2D eigenvalue weighted by molar-refractivity contribution is 7.89. The molecule has 1 saturated heterocycles. The molecule has 144 valence electrons. The first-order valence-corrected chi connectivity index (χ1v) is 10.6. The number of hydrogen-bond acceptors (Lipinski definition) is 3. The Labute approximate surface area is 165 Å². The molecule has 2 aromatic carbocycles. The van der Waals surface area contributed by atoms with Crippen molar-refractivity contribution in [3.63, 3.8) is 0 Å². The van der Waals surface area contributed by atoms with E-state index in [9.17, 15) is 13.2 Å². The van der Waals surface area contributed by atoms with Crippen LogP contribution in [0.4, 0.5) is 0 Å². The second-order valence-corrected chi connectivity index (χ2v) is 9.90. The third kappa shape index (κ3) is 3.88. The molecule has 0 aliphatic carbocycles. The highest BCUT2D eigenvalue weighted by Gasteiger charge is 2.40. The van der Waals surface area contributed by atoms with Crippen molar-refractivity contribution >= 4 is 27.5 Å². The lowest BCUT2D eigenvalue weighted by Gasteiger charge is -2.34. The van der Waals surface area contributed by atoms with Crippen LogP contribution in [-0.4, -0.2) is 31.7 Å². The van der Waals surface area contributed by atoms with Crippen LogP contribution in [0.3, 0.4) is 0 Å². The van der Waals surface area contributed by atoms with Gasteiger partial charge >= 0.3 is 0 Å². The average Bonchev–Trinajstić information content (AvgIpc) is 2.62. The Morgan fingerprint density at radius 1 is 1.07 bits per heavy atom. The zero-order valence-electron chi connectivity index (χ0n) is 15.6. The van der Waals surface area contributed by atoms with E-state index in [1.54, 1.807) is 36.4 Å². The molecular formula is C20H23ClN2O3S. The summed E-state index contributed by atoms with van der Waals surface area (Å²) in [6, 6.07) is 12.7. The second-order valence-electron chi connectivity index (χ2n) is 7.61. The van der Waals surface area contributed by atoms with Crippen LogP contribution in [0.5, 0.6) is 0 Å². The van der Waals surface area contributed by atoms with Crippen LogP contribution in [-0.2, 0) is 20.2 Å². The summed E-state index contributed by atoms with van der Waals surface area (Å²) in [6.07, 6.45) is 0. The molecule has 1 unspecified atom stereocenters. The lowest BCUT2D eigenvalue weighted by atomic mass is 9.87. The third-order valence-corrected chi connectivity index (χ3v) is 6.92. The lowest BCUT2D eigenvalue weighted by molar-refractivity contribution is -0.126. The molecule has 0 bridgehead atoms. The van der Waals surface area contributed by atoms with E-state index in [-0.39, 0.29) is 29.3 Å². The molecule has 27 heavy (non-hydrogen) atoms. The topological polar surface area (TPSA) is 66.5 Å². The van der Waals surface area contributed by atoms with Crippen LogP contribution < -0.4 is 5.32 Å². The molecule has 0 saturated carbocycles. The predicted molar refractivity (Wildman–Crippen MR) is 106 cm³/mol. The third-order valence-electron chi connectivity index (χ3n) is 4.69. The molecule has 1 atom stereocenters. The van der Waals surface area contributed by atoms with Gasteiger partial charge < -0.3 is 5.32 Å². The minimum absolute atomic E-state index is 0.0760. The van der Waals surface area contributed by atoms with Gasteiger partial charge in [-0.15, -0.1) is 0 Å². The summed E-state index contributed by atoms with van der Waals surface area (Å²) in [4.78, 5) is 12.7. The van der Waals surface area contributed by atoms with Crippen LogP contribution >= 0.6 is 11.6 Å². The lowest BCUT2D eigenvalue weighted by Crippen LogP contribution is -2.52. The van der Waals surface area contributed by atoms with Crippen LogP contribution in [0, 0.1) is 0 Å². The zero-order valence-corrected chi connectivity index (χ0v) is 17.1. The number of rotatable bonds is 3. The molecule has 1 amide bonds. The number of halogens is 1. The maximum atomic E-state index is 13.3. The van der Waals surface area contributed by atoms with Gasteiger partial charge in [-0.2, -0.15) is 4.31 Å². The highest BCUT2D eigenvalue weighted by Crippen LogP contribution is 2.34. The Morgan fingerprint density at radius 3 is 2.30 bits per heavy atom. The van der Waals surface area contributed by atoms with Gasteiger partial charge in [-0.25, -0.2) is 8.42 Å². The normalized spacial score (nSPS) is 19.0. The molecule has 1 heterocycles. The summed E-state index contributed by atoms with van der Waals surface area (Å²) in [6.45, 7) is 6.65. The molecular weight excluding hydrogens is 384 g/mol. The number of carbonyl (C=O) groups is 1. The number of amides is 1. The number of nitrogens with zero attached hydrogens (tertiary/aromatic N) is 1. The van der Waals surface area contributed by atoms with Crippen molar-refractivity contribution in [1.82, 2.24) is 9.62 Å².